The predicted molar refractivity (Wildman–Crippen MR) is 71.3 cm³/mol. The monoisotopic (exact) mass is 281 g/mol. The van der Waals surface area contributed by atoms with E-state index >= 15 is 0 Å². The minimum absolute atomic E-state index is 0.0870. The standard InChI is InChI=1S/C13H15NO4S/c1-2-16-13(15)9-6-19-12(14-9)8-3-4-10-11(5-8)18-7-17-10/h3-5,9,12,14H,2,6-7H2,1H3/t9-,12?/m1/s1. The Morgan fingerprint density at radius 3 is 3.16 bits per heavy atom. The first-order chi connectivity index (χ1) is 9.28. The number of hydrogen-bond donors (Lipinski definition) is 1. The molecule has 1 fully saturated rings. The average Bonchev–Trinajstić information content (AvgIpc) is 3.07. The highest BCUT2D eigenvalue weighted by molar-refractivity contribution is 7.99. The summed E-state index contributed by atoms with van der Waals surface area (Å²) >= 11 is 1.69. The Labute approximate surface area is 115 Å². The van der Waals surface area contributed by atoms with Crippen molar-refractivity contribution in [3.05, 3.63) is 23.8 Å². The van der Waals surface area contributed by atoms with E-state index in [1.54, 1.807) is 11.8 Å². The summed E-state index contributed by atoms with van der Waals surface area (Å²) in [6, 6.07) is 5.62. The zero-order chi connectivity index (χ0) is 13.2. The van der Waals surface area contributed by atoms with E-state index in [9.17, 15) is 4.79 Å². The van der Waals surface area contributed by atoms with Gasteiger partial charge in [-0.05, 0) is 24.6 Å². The lowest BCUT2D eigenvalue weighted by Crippen LogP contribution is -2.35. The van der Waals surface area contributed by atoms with E-state index in [1.165, 1.54) is 0 Å². The number of carbonyl (C=O) groups excluding carboxylic acids is 1. The zero-order valence-electron chi connectivity index (χ0n) is 10.5. The second-order valence-corrected chi connectivity index (χ2v) is 5.44. The summed E-state index contributed by atoms with van der Waals surface area (Å²) in [6.07, 6.45) is 0. The summed E-state index contributed by atoms with van der Waals surface area (Å²) in [7, 11) is 0. The molecule has 2 aliphatic heterocycles. The van der Waals surface area contributed by atoms with Gasteiger partial charge >= 0.3 is 5.97 Å². The predicted octanol–water partition coefficient (Wildman–Crippen LogP) is 1.68. The SMILES string of the molecule is CCOC(=O)[C@H]1CSC(c2ccc3c(c2)OCO3)N1. The van der Waals surface area contributed by atoms with Crippen molar-refractivity contribution in [2.24, 2.45) is 0 Å². The minimum Gasteiger partial charge on any atom is -0.465 e. The Balaban J connectivity index is 1.69. The maximum atomic E-state index is 11.7. The largest absolute Gasteiger partial charge is 0.465 e. The van der Waals surface area contributed by atoms with E-state index in [2.05, 4.69) is 5.32 Å². The van der Waals surface area contributed by atoms with Crippen molar-refractivity contribution in [1.29, 1.82) is 0 Å². The van der Waals surface area contributed by atoms with Crippen LogP contribution in [0.1, 0.15) is 17.9 Å². The van der Waals surface area contributed by atoms with Crippen LogP contribution >= 0.6 is 11.8 Å². The third-order valence-electron chi connectivity index (χ3n) is 3.05. The van der Waals surface area contributed by atoms with Crippen LogP contribution < -0.4 is 14.8 Å². The number of nitrogens with one attached hydrogen (secondary N) is 1. The number of thioether (sulfide) groups is 1. The Morgan fingerprint density at radius 2 is 2.32 bits per heavy atom. The molecule has 0 radical (unpaired) electrons. The molecule has 0 bridgehead atoms. The third kappa shape index (κ3) is 2.50. The lowest BCUT2D eigenvalue weighted by Gasteiger charge is -2.13. The van der Waals surface area contributed by atoms with Crippen LogP contribution in [0.5, 0.6) is 11.5 Å². The van der Waals surface area contributed by atoms with E-state index in [-0.39, 0.29) is 24.2 Å². The van der Waals surface area contributed by atoms with Crippen LogP contribution in [0.25, 0.3) is 0 Å². The molecule has 1 N–H and O–H groups in total. The fourth-order valence-corrected chi connectivity index (χ4v) is 3.34. The Bertz CT molecular complexity index is 494. The summed E-state index contributed by atoms with van der Waals surface area (Å²) in [5.41, 5.74) is 1.08. The highest BCUT2D eigenvalue weighted by Gasteiger charge is 2.32. The molecule has 2 atom stereocenters. The molecule has 2 aliphatic rings. The van der Waals surface area contributed by atoms with Crippen LogP contribution in [0.3, 0.4) is 0 Å². The van der Waals surface area contributed by atoms with Gasteiger partial charge in [-0.3, -0.25) is 10.1 Å². The number of ether oxygens (including phenoxy) is 3. The molecule has 0 aromatic heterocycles. The van der Waals surface area contributed by atoms with Gasteiger partial charge in [-0.25, -0.2) is 0 Å². The second-order valence-electron chi connectivity index (χ2n) is 4.30. The van der Waals surface area contributed by atoms with E-state index in [0.29, 0.717) is 6.61 Å². The van der Waals surface area contributed by atoms with Crippen LogP contribution in [0, 0.1) is 0 Å². The summed E-state index contributed by atoms with van der Waals surface area (Å²) in [5, 5.41) is 3.36. The molecular formula is C13H15NO4S. The third-order valence-corrected chi connectivity index (χ3v) is 4.32. The molecule has 0 saturated carbocycles. The van der Waals surface area contributed by atoms with Crippen LogP contribution in [-0.2, 0) is 9.53 Å². The molecule has 1 aromatic rings. The van der Waals surface area contributed by atoms with Crippen molar-refractivity contribution in [1.82, 2.24) is 5.32 Å². The molecule has 19 heavy (non-hydrogen) atoms. The van der Waals surface area contributed by atoms with E-state index in [0.717, 1.165) is 22.8 Å². The summed E-state index contributed by atoms with van der Waals surface area (Å²) in [6.45, 7) is 2.50. The molecule has 6 heteroatoms. The van der Waals surface area contributed by atoms with Gasteiger partial charge in [0.05, 0.1) is 12.0 Å². The van der Waals surface area contributed by atoms with Crippen molar-refractivity contribution in [2.45, 2.75) is 18.3 Å². The van der Waals surface area contributed by atoms with Crippen LogP contribution in [-0.4, -0.2) is 31.2 Å². The Morgan fingerprint density at radius 1 is 1.47 bits per heavy atom. The quantitative estimate of drug-likeness (QED) is 0.851. The number of hydrogen-bond acceptors (Lipinski definition) is 6. The van der Waals surface area contributed by atoms with Gasteiger partial charge in [-0.2, -0.15) is 0 Å². The first-order valence-corrected chi connectivity index (χ1v) is 7.26. The fourth-order valence-electron chi connectivity index (χ4n) is 2.12. The van der Waals surface area contributed by atoms with Crippen LogP contribution in [0.15, 0.2) is 18.2 Å². The van der Waals surface area contributed by atoms with Crippen molar-refractivity contribution in [3.8, 4) is 11.5 Å². The first kappa shape index (κ1) is 12.6. The molecule has 1 saturated heterocycles. The molecule has 3 rings (SSSR count). The zero-order valence-corrected chi connectivity index (χ0v) is 11.4. The van der Waals surface area contributed by atoms with Gasteiger partial charge in [0.25, 0.3) is 0 Å². The Hall–Kier alpha value is -1.40. The van der Waals surface area contributed by atoms with Gasteiger partial charge in [-0.1, -0.05) is 6.07 Å². The second kappa shape index (κ2) is 5.30. The molecule has 0 aliphatic carbocycles. The smallest absolute Gasteiger partial charge is 0.324 e. The van der Waals surface area contributed by atoms with Gasteiger partial charge in [0.2, 0.25) is 6.79 Å². The summed E-state index contributed by atoms with van der Waals surface area (Å²) in [5.74, 6) is 2.07. The van der Waals surface area contributed by atoms with Gasteiger partial charge in [0.1, 0.15) is 6.04 Å². The Kier molecular flexibility index (Phi) is 3.52. The van der Waals surface area contributed by atoms with E-state index < -0.39 is 0 Å². The lowest BCUT2D eigenvalue weighted by molar-refractivity contribution is -0.144. The number of fused-ring (bicyclic) bond motifs is 1. The van der Waals surface area contributed by atoms with Gasteiger partial charge in [-0.15, -0.1) is 11.8 Å². The van der Waals surface area contributed by atoms with Gasteiger partial charge in [0, 0.05) is 5.75 Å². The fraction of sp³-hybridized carbons (Fsp3) is 0.462. The minimum atomic E-state index is -0.236. The molecular weight excluding hydrogens is 266 g/mol. The van der Waals surface area contributed by atoms with Crippen molar-refractivity contribution in [2.75, 3.05) is 19.2 Å². The van der Waals surface area contributed by atoms with Gasteiger partial charge < -0.3 is 14.2 Å². The lowest BCUT2D eigenvalue weighted by atomic mass is 10.2. The molecule has 1 unspecified atom stereocenters. The maximum absolute atomic E-state index is 11.7. The van der Waals surface area contributed by atoms with Crippen LogP contribution in [0.4, 0.5) is 0 Å². The van der Waals surface area contributed by atoms with Crippen molar-refractivity contribution >= 4 is 17.7 Å². The number of esters is 1. The molecule has 2 heterocycles. The highest BCUT2D eigenvalue weighted by Crippen LogP contribution is 2.39. The first-order valence-electron chi connectivity index (χ1n) is 6.21. The molecule has 5 nitrogen and oxygen atoms in total. The summed E-state index contributed by atoms with van der Waals surface area (Å²) in [4.78, 5) is 11.7. The molecule has 1 aromatic carbocycles. The van der Waals surface area contributed by atoms with Crippen molar-refractivity contribution in [3.63, 3.8) is 0 Å². The number of benzene rings is 1. The summed E-state index contributed by atoms with van der Waals surface area (Å²) < 4.78 is 15.7. The average molecular weight is 281 g/mol. The molecule has 0 amide bonds. The van der Waals surface area contributed by atoms with Crippen molar-refractivity contribution < 1.29 is 19.0 Å². The normalized spacial score (nSPS) is 24.5. The number of rotatable bonds is 3. The maximum Gasteiger partial charge on any atom is 0.324 e. The topological polar surface area (TPSA) is 56.8 Å². The van der Waals surface area contributed by atoms with Gasteiger partial charge in [0.15, 0.2) is 11.5 Å². The van der Waals surface area contributed by atoms with E-state index in [1.807, 2.05) is 25.1 Å². The molecule has 0 spiro atoms. The van der Waals surface area contributed by atoms with E-state index in [4.69, 9.17) is 14.2 Å². The number of carbonyl (C=O) groups is 1. The highest BCUT2D eigenvalue weighted by atomic mass is 32.2. The molecule has 102 valence electrons. The van der Waals surface area contributed by atoms with Crippen LogP contribution in [0.2, 0.25) is 0 Å².